The highest BCUT2D eigenvalue weighted by Crippen LogP contribution is 2.42. The lowest BCUT2D eigenvalue weighted by Gasteiger charge is -2.34. The number of pyridine rings is 1. The second-order valence-electron chi connectivity index (χ2n) is 12.6. The molecule has 4 fully saturated rings. The van der Waals surface area contributed by atoms with Crippen molar-refractivity contribution in [3.63, 3.8) is 0 Å². The van der Waals surface area contributed by atoms with E-state index in [1.807, 2.05) is 18.2 Å². The fraction of sp³-hybridized carbons (Fsp3) is 0.485. The van der Waals surface area contributed by atoms with Gasteiger partial charge in [0.2, 0.25) is 0 Å². The lowest BCUT2D eigenvalue weighted by Crippen LogP contribution is -2.44. The smallest absolute Gasteiger partial charge is 0.319 e. The number of nitrogens with zero attached hydrogens (tertiary/aromatic N) is 5. The SMILES string of the molecule is CCc1cccc2cc(O)cc(-c3ncc4c(N5C[C@H]6CC[C@@H](C5)O6)nc(OC[C@@]56CCCN5C[C@H](F)C6)nc4c3F)c12. The van der Waals surface area contributed by atoms with Crippen LogP contribution in [-0.4, -0.2) is 81.7 Å². The standard InChI is InChI=1S/C33H35F2N5O3/c1-2-19-5-3-6-20-11-22(41)12-25(27(19)20)29-28(35)30-26(14-36-29)31(39-16-23-7-8-24(17-39)43-23)38-32(37-30)42-18-33-9-4-10-40(33)15-21(34)13-33/h3,5-6,11-12,14,21,23-24,41H,2,4,7-10,13,15-18H2,1H3/t21-,23-,24+,33+/m1/s1. The third-order valence-corrected chi connectivity index (χ3v) is 9.90. The highest BCUT2D eigenvalue weighted by atomic mass is 19.1. The predicted octanol–water partition coefficient (Wildman–Crippen LogP) is 5.57. The maximum atomic E-state index is 16.8. The van der Waals surface area contributed by atoms with Crippen molar-refractivity contribution in [2.24, 2.45) is 0 Å². The first-order chi connectivity index (χ1) is 20.9. The van der Waals surface area contributed by atoms with Crippen molar-refractivity contribution in [2.45, 2.75) is 69.4 Å². The van der Waals surface area contributed by atoms with Gasteiger partial charge < -0.3 is 19.5 Å². The second-order valence-corrected chi connectivity index (χ2v) is 12.6. The third kappa shape index (κ3) is 4.49. The summed E-state index contributed by atoms with van der Waals surface area (Å²) >= 11 is 0. The highest BCUT2D eigenvalue weighted by molar-refractivity contribution is 6.01. The summed E-state index contributed by atoms with van der Waals surface area (Å²) in [6.07, 6.45) is 5.94. The average Bonchev–Trinajstić information content (AvgIpc) is 3.65. The molecule has 2 aromatic heterocycles. The van der Waals surface area contributed by atoms with Crippen LogP contribution < -0.4 is 9.64 Å². The molecule has 8 nitrogen and oxygen atoms in total. The average molecular weight is 588 g/mol. The van der Waals surface area contributed by atoms with E-state index in [4.69, 9.17) is 14.5 Å². The molecule has 2 aromatic carbocycles. The van der Waals surface area contributed by atoms with E-state index in [0.717, 1.165) is 55.0 Å². The Hall–Kier alpha value is -3.63. The number of halogens is 2. The molecule has 2 bridgehead atoms. The van der Waals surface area contributed by atoms with Crippen LogP contribution in [0.25, 0.3) is 32.9 Å². The van der Waals surface area contributed by atoms with Gasteiger partial charge in [-0.05, 0) is 67.1 Å². The number of aryl methyl sites for hydroxylation is 1. The molecule has 0 aliphatic carbocycles. The van der Waals surface area contributed by atoms with Crippen LogP contribution in [0.2, 0.25) is 0 Å². The van der Waals surface area contributed by atoms with Crippen LogP contribution in [0.5, 0.6) is 11.8 Å². The summed E-state index contributed by atoms with van der Waals surface area (Å²) in [5.74, 6) is 0.0189. The van der Waals surface area contributed by atoms with E-state index in [1.165, 1.54) is 0 Å². The summed E-state index contributed by atoms with van der Waals surface area (Å²) in [4.78, 5) is 18.4. The number of morpholine rings is 1. The van der Waals surface area contributed by atoms with Gasteiger partial charge in [0.15, 0.2) is 5.82 Å². The van der Waals surface area contributed by atoms with Gasteiger partial charge in [-0.3, -0.25) is 9.88 Å². The van der Waals surface area contributed by atoms with Gasteiger partial charge in [-0.25, -0.2) is 8.78 Å². The van der Waals surface area contributed by atoms with E-state index in [2.05, 4.69) is 26.7 Å². The Morgan fingerprint density at radius 3 is 2.79 bits per heavy atom. The minimum Gasteiger partial charge on any atom is -0.508 e. The number of rotatable bonds is 6. The molecule has 4 atom stereocenters. The number of anilines is 1. The van der Waals surface area contributed by atoms with Crippen LogP contribution >= 0.6 is 0 Å². The predicted molar refractivity (Wildman–Crippen MR) is 160 cm³/mol. The zero-order valence-electron chi connectivity index (χ0n) is 24.2. The molecule has 0 saturated carbocycles. The van der Waals surface area contributed by atoms with Crippen LogP contribution in [0.15, 0.2) is 36.5 Å². The first-order valence-electron chi connectivity index (χ1n) is 15.4. The van der Waals surface area contributed by atoms with Crippen LogP contribution in [0.4, 0.5) is 14.6 Å². The van der Waals surface area contributed by atoms with Gasteiger partial charge in [0.1, 0.15) is 35.6 Å². The second kappa shape index (κ2) is 10.2. The summed E-state index contributed by atoms with van der Waals surface area (Å²) < 4.78 is 43.5. The molecule has 0 radical (unpaired) electrons. The number of benzene rings is 2. The van der Waals surface area contributed by atoms with Crippen molar-refractivity contribution in [3.05, 3.63) is 47.9 Å². The summed E-state index contributed by atoms with van der Waals surface area (Å²) in [5.41, 5.74) is 1.40. The molecule has 4 aromatic rings. The lowest BCUT2D eigenvalue weighted by atomic mass is 9.95. The van der Waals surface area contributed by atoms with Crippen LogP contribution in [0.3, 0.4) is 0 Å². The Kier molecular flexibility index (Phi) is 6.41. The minimum absolute atomic E-state index is 0.0383. The summed E-state index contributed by atoms with van der Waals surface area (Å²) in [7, 11) is 0. The summed E-state index contributed by atoms with van der Waals surface area (Å²) in [5, 5.41) is 12.7. The van der Waals surface area contributed by atoms with Gasteiger partial charge in [0, 0.05) is 37.8 Å². The lowest BCUT2D eigenvalue weighted by molar-refractivity contribution is 0.0302. The maximum absolute atomic E-state index is 16.8. The number of fused-ring (bicyclic) bond motifs is 5. The Morgan fingerprint density at radius 2 is 1.98 bits per heavy atom. The normalized spacial score (nSPS) is 27.0. The number of phenolic OH excluding ortho intramolecular Hbond substituents is 1. The van der Waals surface area contributed by atoms with Crippen LogP contribution in [0.1, 0.15) is 44.6 Å². The van der Waals surface area contributed by atoms with E-state index in [-0.39, 0.29) is 47.3 Å². The Balaban J connectivity index is 1.26. The van der Waals surface area contributed by atoms with Gasteiger partial charge in [-0.2, -0.15) is 9.97 Å². The fourth-order valence-electron chi connectivity index (χ4n) is 7.92. The molecule has 8 rings (SSSR count). The fourth-order valence-corrected chi connectivity index (χ4v) is 7.92. The van der Waals surface area contributed by atoms with Gasteiger partial charge in [-0.15, -0.1) is 0 Å². The van der Waals surface area contributed by atoms with E-state index < -0.39 is 12.0 Å². The Bertz CT molecular complexity index is 1720. The van der Waals surface area contributed by atoms with Crippen LogP contribution in [-0.2, 0) is 11.2 Å². The molecule has 43 heavy (non-hydrogen) atoms. The molecular formula is C33H35F2N5O3. The highest BCUT2D eigenvalue weighted by Gasteiger charge is 2.49. The number of hydrogen-bond donors (Lipinski definition) is 1. The molecule has 224 valence electrons. The number of alkyl halides is 1. The van der Waals surface area contributed by atoms with Crippen molar-refractivity contribution < 1.29 is 23.4 Å². The van der Waals surface area contributed by atoms with E-state index in [0.29, 0.717) is 42.8 Å². The van der Waals surface area contributed by atoms with Gasteiger partial charge >= 0.3 is 6.01 Å². The monoisotopic (exact) mass is 587 g/mol. The first-order valence-corrected chi connectivity index (χ1v) is 15.4. The first kappa shape index (κ1) is 27.0. The van der Waals surface area contributed by atoms with Crippen molar-refractivity contribution >= 4 is 27.5 Å². The molecule has 0 unspecified atom stereocenters. The summed E-state index contributed by atoms with van der Waals surface area (Å²) in [6.45, 7) is 4.86. The molecule has 6 heterocycles. The zero-order valence-corrected chi connectivity index (χ0v) is 24.2. The number of ether oxygens (including phenoxy) is 2. The quantitative estimate of drug-likeness (QED) is 0.313. The van der Waals surface area contributed by atoms with Gasteiger partial charge in [-0.1, -0.05) is 25.1 Å². The van der Waals surface area contributed by atoms with Gasteiger partial charge in [0.05, 0.1) is 23.1 Å². The summed E-state index contributed by atoms with van der Waals surface area (Å²) in [6, 6.07) is 9.19. The van der Waals surface area contributed by atoms with Crippen molar-refractivity contribution in [1.29, 1.82) is 0 Å². The number of hydrogen-bond acceptors (Lipinski definition) is 8. The maximum Gasteiger partial charge on any atom is 0.319 e. The Morgan fingerprint density at radius 1 is 1.14 bits per heavy atom. The third-order valence-electron chi connectivity index (χ3n) is 9.90. The molecule has 4 aliphatic heterocycles. The molecule has 4 aliphatic rings. The largest absolute Gasteiger partial charge is 0.508 e. The minimum atomic E-state index is -0.878. The molecule has 1 N–H and O–H groups in total. The van der Waals surface area contributed by atoms with Crippen LogP contribution in [0, 0.1) is 5.82 Å². The van der Waals surface area contributed by atoms with E-state index >= 15 is 4.39 Å². The topological polar surface area (TPSA) is 83.8 Å². The van der Waals surface area contributed by atoms with Crippen molar-refractivity contribution in [1.82, 2.24) is 19.9 Å². The Labute approximate surface area is 248 Å². The molecule has 10 heteroatoms. The molecule has 0 amide bonds. The van der Waals surface area contributed by atoms with E-state index in [9.17, 15) is 9.50 Å². The molecule has 0 spiro atoms. The zero-order chi connectivity index (χ0) is 29.3. The molecule has 4 saturated heterocycles. The van der Waals surface area contributed by atoms with Crippen molar-refractivity contribution in [3.8, 4) is 23.0 Å². The van der Waals surface area contributed by atoms with Gasteiger partial charge in [0.25, 0.3) is 0 Å². The molecular weight excluding hydrogens is 552 g/mol. The number of aromatic hydroxyl groups is 1. The number of phenols is 1. The van der Waals surface area contributed by atoms with Crippen molar-refractivity contribution in [2.75, 3.05) is 37.7 Å². The van der Waals surface area contributed by atoms with E-state index in [1.54, 1.807) is 18.3 Å². The number of aromatic nitrogens is 3.